The number of benzene rings is 3. The Bertz CT molecular complexity index is 1770. The van der Waals surface area contributed by atoms with Crippen molar-refractivity contribution >= 4 is 58.2 Å². The number of carbonyl (C=O) groups is 4. The lowest BCUT2D eigenvalue weighted by Crippen LogP contribution is -2.32. The van der Waals surface area contributed by atoms with Crippen LogP contribution in [0.1, 0.15) is 33.6 Å². The van der Waals surface area contributed by atoms with Gasteiger partial charge in [0, 0.05) is 22.0 Å². The molecule has 2 N–H and O–H groups in total. The summed E-state index contributed by atoms with van der Waals surface area (Å²) in [7, 11) is 0. The largest absolute Gasteiger partial charge is 0.483 e. The molecule has 10 nitrogen and oxygen atoms in total. The number of carbonyl (C=O) groups excluding carboxylic acids is 4. The SMILES string of the molecule is CCOC(=O)c1ccc(NC(=O)COc2ccccc2[C@@H]2c3sc(=O)[nH]c3S[C@H]3C(=O)N(c4ccccc4)C(=O)[C@@H]23)cc1. The highest BCUT2D eigenvalue weighted by Crippen LogP contribution is 2.54. The second kappa shape index (κ2) is 11.9. The van der Waals surface area contributed by atoms with Crippen LogP contribution in [0.15, 0.2) is 88.7 Å². The molecule has 3 amide bonds. The number of nitrogens with one attached hydrogen (secondary N) is 2. The van der Waals surface area contributed by atoms with Crippen LogP contribution in [0.3, 0.4) is 0 Å². The average molecular weight is 616 g/mol. The Labute approximate surface area is 254 Å². The molecule has 3 aromatic carbocycles. The van der Waals surface area contributed by atoms with Crippen molar-refractivity contribution in [2.75, 3.05) is 23.4 Å². The number of rotatable bonds is 8. The molecule has 218 valence electrons. The standard InChI is InChI=1S/C31H25N3O7S2/c1-2-40-30(38)17-12-14-18(15-13-17)32-22(35)16-41-21-11-7-6-10-20(21)23-24-26(42-27-25(23)43-31(39)33-27)29(37)34(28(24)36)19-8-4-3-5-9-19/h3-15,23-24,26H,2,16H2,1H3,(H,32,35)(H,33,39)/t23-,24-,26+/m0/s1. The van der Waals surface area contributed by atoms with E-state index in [1.54, 1.807) is 79.7 Å². The van der Waals surface area contributed by atoms with Crippen LogP contribution in [0.25, 0.3) is 0 Å². The molecule has 0 radical (unpaired) electrons. The third kappa shape index (κ3) is 5.46. The maximum atomic E-state index is 13.9. The number of thioether (sulfide) groups is 1. The first-order valence-corrected chi connectivity index (χ1v) is 15.2. The van der Waals surface area contributed by atoms with E-state index < -0.39 is 29.0 Å². The van der Waals surface area contributed by atoms with Crippen molar-refractivity contribution in [1.82, 2.24) is 4.98 Å². The number of ether oxygens (including phenoxy) is 2. The molecule has 2 aliphatic rings. The van der Waals surface area contributed by atoms with E-state index in [1.165, 1.54) is 16.7 Å². The lowest BCUT2D eigenvalue weighted by molar-refractivity contribution is -0.122. The summed E-state index contributed by atoms with van der Waals surface area (Å²) >= 11 is 2.20. The molecule has 4 aromatic rings. The lowest BCUT2D eigenvalue weighted by Gasteiger charge is -2.30. The van der Waals surface area contributed by atoms with Gasteiger partial charge in [-0.3, -0.25) is 19.2 Å². The summed E-state index contributed by atoms with van der Waals surface area (Å²) in [5, 5.41) is 2.54. The minimum absolute atomic E-state index is 0.261. The van der Waals surface area contributed by atoms with Crippen LogP contribution in [0, 0.1) is 5.92 Å². The van der Waals surface area contributed by atoms with Gasteiger partial charge in [0.05, 0.1) is 28.8 Å². The maximum Gasteiger partial charge on any atom is 0.338 e. The van der Waals surface area contributed by atoms with Crippen molar-refractivity contribution in [2.24, 2.45) is 5.92 Å². The van der Waals surface area contributed by atoms with Gasteiger partial charge in [0.2, 0.25) is 11.8 Å². The Kier molecular flexibility index (Phi) is 7.87. The van der Waals surface area contributed by atoms with Crippen molar-refractivity contribution in [3.05, 3.63) is 105 Å². The Balaban J connectivity index is 1.26. The molecule has 3 atom stereocenters. The van der Waals surface area contributed by atoms with Gasteiger partial charge in [-0.1, -0.05) is 59.5 Å². The highest BCUT2D eigenvalue weighted by molar-refractivity contribution is 8.00. The van der Waals surface area contributed by atoms with E-state index in [4.69, 9.17) is 9.47 Å². The number of anilines is 2. The molecular weight excluding hydrogens is 590 g/mol. The Hall–Kier alpha value is -4.68. The zero-order valence-electron chi connectivity index (χ0n) is 22.8. The topological polar surface area (TPSA) is 135 Å². The summed E-state index contributed by atoms with van der Waals surface area (Å²) < 4.78 is 11.0. The normalized spacial score (nSPS) is 19.0. The summed E-state index contributed by atoms with van der Waals surface area (Å²) in [4.78, 5) is 69.0. The van der Waals surface area contributed by atoms with Gasteiger partial charge in [0.25, 0.3) is 5.91 Å². The fourth-order valence-electron chi connectivity index (χ4n) is 5.30. The van der Waals surface area contributed by atoms with Crippen molar-refractivity contribution in [1.29, 1.82) is 0 Å². The van der Waals surface area contributed by atoms with Crippen molar-refractivity contribution < 1.29 is 28.7 Å². The number of nitrogens with zero attached hydrogens (tertiary/aromatic N) is 1. The lowest BCUT2D eigenvalue weighted by atomic mass is 9.82. The maximum absolute atomic E-state index is 13.9. The van der Waals surface area contributed by atoms with Crippen LogP contribution in [-0.2, 0) is 19.1 Å². The molecule has 0 bridgehead atoms. The number of fused-ring (bicyclic) bond motifs is 2. The van der Waals surface area contributed by atoms with Crippen LogP contribution in [-0.4, -0.2) is 47.1 Å². The molecule has 1 fully saturated rings. The number of aromatic nitrogens is 1. The second-order valence-electron chi connectivity index (χ2n) is 9.77. The van der Waals surface area contributed by atoms with Crippen LogP contribution < -0.4 is 19.8 Å². The molecular formula is C31H25N3O7S2. The van der Waals surface area contributed by atoms with E-state index in [0.717, 1.165) is 11.3 Å². The fourth-order valence-corrected chi connectivity index (χ4v) is 7.80. The van der Waals surface area contributed by atoms with Crippen LogP contribution in [0.5, 0.6) is 5.75 Å². The zero-order valence-corrected chi connectivity index (χ0v) is 24.4. The van der Waals surface area contributed by atoms with Crippen LogP contribution >= 0.6 is 23.1 Å². The number of amides is 3. The number of hydrogen-bond donors (Lipinski definition) is 2. The van der Waals surface area contributed by atoms with E-state index in [9.17, 15) is 24.0 Å². The first-order chi connectivity index (χ1) is 20.9. The Morgan fingerprint density at radius 3 is 2.40 bits per heavy atom. The third-order valence-corrected chi connectivity index (χ3v) is 9.53. The van der Waals surface area contributed by atoms with Gasteiger partial charge in [-0.2, -0.15) is 0 Å². The van der Waals surface area contributed by atoms with Gasteiger partial charge in [-0.15, -0.1) is 0 Å². The number of aromatic amines is 1. The molecule has 1 aromatic heterocycles. The predicted molar refractivity (Wildman–Crippen MR) is 162 cm³/mol. The summed E-state index contributed by atoms with van der Waals surface area (Å²) in [5.41, 5.74) is 1.92. The van der Waals surface area contributed by atoms with E-state index in [2.05, 4.69) is 10.3 Å². The Morgan fingerprint density at radius 1 is 0.930 bits per heavy atom. The van der Waals surface area contributed by atoms with Gasteiger partial charge in [0.15, 0.2) is 6.61 Å². The van der Waals surface area contributed by atoms with E-state index >= 15 is 0 Å². The van der Waals surface area contributed by atoms with Gasteiger partial charge in [0.1, 0.15) is 11.0 Å². The zero-order chi connectivity index (χ0) is 30.1. The van der Waals surface area contributed by atoms with Crippen molar-refractivity contribution in [3.63, 3.8) is 0 Å². The number of H-pyrrole nitrogens is 1. The number of para-hydroxylation sites is 2. The number of hydrogen-bond acceptors (Lipinski definition) is 9. The average Bonchev–Trinajstić information content (AvgIpc) is 3.51. The number of thiazole rings is 1. The monoisotopic (exact) mass is 615 g/mol. The van der Waals surface area contributed by atoms with E-state index in [1.807, 2.05) is 6.07 Å². The van der Waals surface area contributed by atoms with Crippen LogP contribution in [0.4, 0.5) is 11.4 Å². The van der Waals surface area contributed by atoms with Gasteiger partial charge in [-0.05, 0) is 49.4 Å². The minimum atomic E-state index is -0.784. The van der Waals surface area contributed by atoms with Gasteiger partial charge in [-0.25, -0.2) is 9.69 Å². The van der Waals surface area contributed by atoms with E-state index in [0.29, 0.717) is 38.2 Å². The highest BCUT2D eigenvalue weighted by Gasteiger charge is 2.56. The van der Waals surface area contributed by atoms with Gasteiger partial charge < -0.3 is 19.8 Å². The van der Waals surface area contributed by atoms with Crippen molar-refractivity contribution in [2.45, 2.75) is 23.1 Å². The molecule has 0 unspecified atom stereocenters. The van der Waals surface area contributed by atoms with Crippen molar-refractivity contribution in [3.8, 4) is 5.75 Å². The highest BCUT2D eigenvalue weighted by atomic mass is 32.2. The van der Waals surface area contributed by atoms with E-state index in [-0.39, 0.29) is 29.9 Å². The molecule has 43 heavy (non-hydrogen) atoms. The first kappa shape index (κ1) is 28.4. The molecule has 3 heterocycles. The summed E-state index contributed by atoms with van der Waals surface area (Å²) in [6.45, 7) is 1.64. The minimum Gasteiger partial charge on any atom is -0.483 e. The third-order valence-electron chi connectivity index (χ3n) is 7.13. The summed E-state index contributed by atoms with van der Waals surface area (Å²) in [6, 6.07) is 22.1. The summed E-state index contributed by atoms with van der Waals surface area (Å²) in [6.07, 6.45) is 0. The summed E-state index contributed by atoms with van der Waals surface area (Å²) in [5.74, 6) is -2.67. The molecule has 0 saturated carbocycles. The fraction of sp³-hybridized carbons (Fsp3) is 0.194. The van der Waals surface area contributed by atoms with Gasteiger partial charge >= 0.3 is 10.8 Å². The predicted octanol–water partition coefficient (Wildman–Crippen LogP) is 4.43. The molecule has 2 aliphatic heterocycles. The molecule has 0 spiro atoms. The number of esters is 1. The smallest absolute Gasteiger partial charge is 0.338 e. The molecule has 1 saturated heterocycles. The first-order valence-electron chi connectivity index (χ1n) is 13.5. The molecule has 6 rings (SSSR count). The Morgan fingerprint density at radius 2 is 1.65 bits per heavy atom. The second-order valence-corrected chi connectivity index (χ2v) is 11.9. The molecule has 0 aliphatic carbocycles. The quantitative estimate of drug-likeness (QED) is 0.220. The number of imide groups is 1. The van der Waals surface area contributed by atoms with Crippen LogP contribution in [0.2, 0.25) is 0 Å². The molecule has 12 heteroatoms.